The Kier molecular flexibility index (Phi) is 17.5. The summed E-state index contributed by atoms with van der Waals surface area (Å²) in [4.78, 5) is 29.6. The van der Waals surface area contributed by atoms with E-state index in [1.165, 1.54) is 0 Å². The number of benzene rings is 1. The molecule has 4 N–H and O–H groups in total. The van der Waals surface area contributed by atoms with Crippen LogP contribution in [0.3, 0.4) is 0 Å². The van der Waals surface area contributed by atoms with Crippen molar-refractivity contribution in [3.63, 3.8) is 0 Å². The number of terminal acetylenes is 1. The summed E-state index contributed by atoms with van der Waals surface area (Å²) in [6.45, 7) is 12.4. The summed E-state index contributed by atoms with van der Waals surface area (Å²) in [5.74, 6) is 0.393. The molecule has 0 aromatic heterocycles. The molecule has 1 fully saturated rings. The molecular weight excluding hydrogens is 614 g/mol. The number of amides is 2. The van der Waals surface area contributed by atoms with Crippen molar-refractivity contribution in [1.29, 1.82) is 0 Å². The molecule has 2 amide bonds. The van der Waals surface area contributed by atoms with E-state index in [0.717, 1.165) is 37.7 Å². The van der Waals surface area contributed by atoms with Crippen LogP contribution in [0.15, 0.2) is 30.3 Å². The van der Waals surface area contributed by atoms with E-state index in [4.69, 9.17) is 6.42 Å². The number of hydrogen-bond acceptors (Lipinski definition) is 7. The number of carbonyl (C=O) groups excluding carboxylic acids is 2. The molecule has 266 valence electrons. The zero-order chi connectivity index (χ0) is 35.1. The molecule has 9 nitrogen and oxygen atoms in total. The Labute approximate surface area is 284 Å². The number of carbonyl (C=O) groups is 2. The maximum Gasteiger partial charge on any atom is 0.243 e. The molecule has 47 heavy (non-hydrogen) atoms. The predicted octanol–water partition coefficient (Wildman–Crippen LogP) is 4.11. The number of sulfone groups is 1. The molecule has 2 rings (SSSR count). The Hall–Kier alpha value is -2.45. The number of rotatable bonds is 20. The molecule has 5 atom stereocenters. The second-order valence-electron chi connectivity index (χ2n) is 14.4. The highest BCUT2D eigenvalue weighted by Crippen LogP contribution is 2.29. The van der Waals surface area contributed by atoms with E-state index >= 15 is 0 Å². The van der Waals surface area contributed by atoms with Gasteiger partial charge in [0, 0.05) is 25.0 Å². The smallest absolute Gasteiger partial charge is 0.243 e. The molecule has 1 aliphatic rings. The molecule has 1 aromatic rings. The average Bonchev–Trinajstić information content (AvgIpc) is 3.00. The van der Waals surface area contributed by atoms with Crippen molar-refractivity contribution in [1.82, 2.24) is 15.5 Å². The second kappa shape index (κ2) is 20.2. The predicted molar refractivity (Wildman–Crippen MR) is 189 cm³/mol. The van der Waals surface area contributed by atoms with Crippen LogP contribution in [0.1, 0.15) is 98.5 Å². The fourth-order valence-corrected chi connectivity index (χ4v) is 8.27. The van der Waals surface area contributed by atoms with E-state index in [2.05, 4.69) is 21.5 Å². The van der Waals surface area contributed by atoms with E-state index in [1.807, 2.05) is 71.9 Å². The second-order valence-corrected chi connectivity index (χ2v) is 16.7. The van der Waals surface area contributed by atoms with Gasteiger partial charge in [0.1, 0.15) is 12.1 Å². The van der Waals surface area contributed by atoms with Gasteiger partial charge in [0.25, 0.3) is 0 Å². The first kappa shape index (κ1) is 40.7. The Balaban J connectivity index is 2.26. The lowest BCUT2D eigenvalue weighted by Crippen LogP contribution is -2.56. The number of aliphatic hydroxyl groups is 2. The minimum atomic E-state index is -3.65. The lowest BCUT2D eigenvalue weighted by molar-refractivity contribution is -0.132. The van der Waals surface area contributed by atoms with Gasteiger partial charge in [-0.25, -0.2) is 8.42 Å². The Morgan fingerprint density at radius 2 is 1.57 bits per heavy atom. The van der Waals surface area contributed by atoms with Crippen molar-refractivity contribution in [2.75, 3.05) is 18.1 Å². The Bertz CT molecular complexity index is 1220. The molecule has 10 heteroatoms. The van der Waals surface area contributed by atoms with Crippen molar-refractivity contribution in [3.05, 3.63) is 35.9 Å². The number of nitrogens with one attached hydrogen (secondary N) is 2. The van der Waals surface area contributed by atoms with Crippen LogP contribution in [0.4, 0.5) is 0 Å². The fourth-order valence-electron chi connectivity index (χ4n) is 6.73. The van der Waals surface area contributed by atoms with Crippen LogP contribution in [-0.2, 0) is 25.8 Å². The van der Waals surface area contributed by atoms with Gasteiger partial charge in [-0.15, -0.1) is 12.3 Å². The summed E-state index contributed by atoms with van der Waals surface area (Å²) in [5.41, 5.74) is 0.807. The topological polar surface area (TPSA) is 136 Å². The molecular formula is C37H61N3O6S. The molecule has 1 aromatic carbocycles. The molecule has 0 spiro atoms. The standard InChI is InChI=1S/C37H61N3O6S/c1-8-15-32(37(44)39-33(24-30-18-13-10-14-19-30)35(42)34(41)22-26(2)3)38-36(43)31(23-29-16-11-9-12-17-29)25-47(45,46)21-20-40(27(4)5)28(6)7/h1,9,11-12,16-17,26-28,30-35,41-42H,10,13-15,18-25H2,2-7H3,(H,38,43)(H,39,44)/t31-,32-,33-,34-,35+/m0/s1. The molecule has 0 bridgehead atoms. The summed E-state index contributed by atoms with van der Waals surface area (Å²) in [7, 11) is -3.65. The SMILES string of the molecule is C#CC[C@H](NC(=O)[C@@H](Cc1ccccc1)CS(=O)(=O)CCN(C(C)C)C(C)C)C(=O)N[C@@H](CC1CCCCC1)[C@@H](O)[C@@H](O)CC(C)C. The maximum atomic E-state index is 13.8. The summed E-state index contributed by atoms with van der Waals surface area (Å²) < 4.78 is 26.8. The number of aliphatic hydroxyl groups excluding tert-OH is 2. The van der Waals surface area contributed by atoms with Crippen LogP contribution in [0.25, 0.3) is 0 Å². The third-order valence-electron chi connectivity index (χ3n) is 9.25. The summed E-state index contributed by atoms with van der Waals surface area (Å²) in [6, 6.07) is 7.70. The van der Waals surface area contributed by atoms with Gasteiger partial charge in [-0.1, -0.05) is 76.3 Å². The van der Waals surface area contributed by atoms with Crippen LogP contribution < -0.4 is 10.6 Å². The largest absolute Gasteiger partial charge is 0.390 e. The van der Waals surface area contributed by atoms with Gasteiger partial charge in [-0.2, -0.15) is 0 Å². The van der Waals surface area contributed by atoms with E-state index < -0.39 is 51.9 Å². The highest BCUT2D eigenvalue weighted by molar-refractivity contribution is 7.91. The molecule has 0 unspecified atom stereocenters. The van der Waals surface area contributed by atoms with Gasteiger partial charge in [0.05, 0.1) is 29.6 Å². The third kappa shape index (κ3) is 14.7. The van der Waals surface area contributed by atoms with E-state index in [1.54, 1.807) is 0 Å². The maximum absolute atomic E-state index is 13.8. The van der Waals surface area contributed by atoms with Crippen molar-refractivity contribution in [2.24, 2.45) is 17.8 Å². The fraction of sp³-hybridized carbons (Fsp3) is 0.730. The van der Waals surface area contributed by atoms with Crippen LogP contribution in [-0.4, -0.2) is 89.8 Å². The van der Waals surface area contributed by atoms with Gasteiger partial charge >= 0.3 is 0 Å². The minimum absolute atomic E-state index is 0.0877. The van der Waals surface area contributed by atoms with Crippen molar-refractivity contribution < 1.29 is 28.2 Å². The van der Waals surface area contributed by atoms with Crippen LogP contribution in [0.2, 0.25) is 0 Å². The van der Waals surface area contributed by atoms with Gasteiger partial charge in [-0.3, -0.25) is 14.5 Å². The number of hydrogen-bond donors (Lipinski definition) is 4. The molecule has 0 saturated heterocycles. The van der Waals surface area contributed by atoms with E-state index in [9.17, 15) is 28.2 Å². The van der Waals surface area contributed by atoms with Crippen LogP contribution in [0.5, 0.6) is 0 Å². The first-order chi connectivity index (χ1) is 22.1. The molecule has 0 heterocycles. The number of nitrogens with zero attached hydrogens (tertiary/aromatic N) is 1. The van der Waals surface area contributed by atoms with E-state index in [0.29, 0.717) is 25.3 Å². The van der Waals surface area contributed by atoms with Gasteiger partial charge in [0.15, 0.2) is 9.84 Å². The Morgan fingerprint density at radius 3 is 2.13 bits per heavy atom. The highest BCUT2D eigenvalue weighted by Gasteiger charge is 2.34. The third-order valence-corrected chi connectivity index (χ3v) is 11.0. The quantitative estimate of drug-likeness (QED) is 0.153. The van der Waals surface area contributed by atoms with Gasteiger partial charge in [0.2, 0.25) is 11.8 Å². The van der Waals surface area contributed by atoms with Crippen LogP contribution >= 0.6 is 0 Å². The van der Waals surface area contributed by atoms with Crippen molar-refractivity contribution in [2.45, 2.75) is 136 Å². The van der Waals surface area contributed by atoms with Gasteiger partial charge < -0.3 is 20.8 Å². The molecule has 1 aliphatic carbocycles. The van der Waals surface area contributed by atoms with Crippen molar-refractivity contribution in [3.8, 4) is 12.3 Å². The zero-order valence-electron chi connectivity index (χ0n) is 29.5. The van der Waals surface area contributed by atoms with Crippen molar-refractivity contribution >= 4 is 21.7 Å². The summed E-state index contributed by atoms with van der Waals surface area (Å²) >= 11 is 0. The highest BCUT2D eigenvalue weighted by atomic mass is 32.2. The average molecular weight is 676 g/mol. The molecule has 1 saturated carbocycles. The summed E-state index contributed by atoms with van der Waals surface area (Å²) in [5, 5.41) is 27.6. The lowest BCUT2D eigenvalue weighted by Gasteiger charge is -2.33. The first-order valence-corrected chi connectivity index (χ1v) is 19.4. The lowest BCUT2D eigenvalue weighted by atomic mass is 9.82. The minimum Gasteiger partial charge on any atom is -0.390 e. The first-order valence-electron chi connectivity index (χ1n) is 17.5. The Morgan fingerprint density at radius 1 is 0.957 bits per heavy atom. The normalized spacial score (nSPS) is 17.7. The summed E-state index contributed by atoms with van der Waals surface area (Å²) in [6.07, 6.45) is 9.71. The zero-order valence-corrected chi connectivity index (χ0v) is 30.3. The monoisotopic (exact) mass is 675 g/mol. The van der Waals surface area contributed by atoms with Gasteiger partial charge in [-0.05, 0) is 64.4 Å². The van der Waals surface area contributed by atoms with Crippen LogP contribution in [0, 0.1) is 30.1 Å². The molecule has 0 radical (unpaired) electrons. The van der Waals surface area contributed by atoms with E-state index in [-0.39, 0.29) is 42.3 Å². The molecule has 0 aliphatic heterocycles.